The summed E-state index contributed by atoms with van der Waals surface area (Å²) in [5.41, 5.74) is 7.28. The van der Waals surface area contributed by atoms with Crippen LogP contribution in [0.2, 0.25) is 0 Å². The topological polar surface area (TPSA) is 109 Å². The number of alkyl halides is 1. The molecule has 1 saturated carbocycles. The maximum absolute atomic E-state index is 14.1. The van der Waals surface area contributed by atoms with Gasteiger partial charge < -0.3 is 26.1 Å². The molecule has 0 aromatic heterocycles. The van der Waals surface area contributed by atoms with Crippen LogP contribution in [-0.2, 0) is 16.0 Å². The maximum atomic E-state index is 14.1. The number of nitrogens with one attached hydrogen (secondary N) is 2. The van der Waals surface area contributed by atoms with E-state index in [0.717, 1.165) is 19.1 Å². The summed E-state index contributed by atoms with van der Waals surface area (Å²) in [5, 5.41) is 11.0. The van der Waals surface area contributed by atoms with Crippen molar-refractivity contribution >= 4 is 29.3 Å². The number of hydrogen-bond donors (Lipinski definition) is 3. The minimum atomic E-state index is -2.32. The Hall–Kier alpha value is -2.90. The van der Waals surface area contributed by atoms with Crippen molar-refractivity contribution in [3.8, 4) is 5.75 Å². The molecule has 8 heteroatoms. The van der Waals surface area contributed by atoms with Gasteiger partial charge in [-0.25, -0.2) is 0 Å². The highest BCUT2D eigenvalue weighted by Gasteiger charge is 2.31. The largest absolute Gasteiger partial charge is 0.451 e. The average molecular weight is 388 g/mol. The molecule has 0 spiro atoms. The quantitative estimate of drug-likeness (QED) is 0.623. The van der Waals surface area contributed by atoms with Crippen molar-refractivity contribution in [2.24, 2.45) is 5.73 Å². The Kier molecular flexibility index (Phi) is 5.67. The third-order valence-electron chi connectivity index (χ3n) is 5.05. The smallest absolute Gasteiger partial charge is 0.316 e. The molecule has 0 bridgehead atoms. The molecule has 4 N–H and O–H groups in total. The lowest BCUT2D eigenvalue weighted by Gasteiger charge is -2.36. The van der Waals surface area contributed by atoms with E-state index in [0.29, 0.717) is 41.3 Å². The predicted molar refractivity (Wildman–Crippen MR) is 105 cm³/mol. The molecule has 2 amide bonds. The molecule has 1 aromatic rings. The lowest BCUT2D eigenvalue weighted by atomic mass is 9.91. The number of primary amides is 1. The molecule has 2 aliphatic rings. The van der Waals surface area contributed by atoms with Crippen LogP contribution < -0.4 is 20.7 Å². The van der Waals surface area contributed by atoms with E-state index in [1.54, 1.807) is 23.2 Å². The van der Waals surface area contributed by atoms with Gasteiger partial charge in [-0.1, -0.05) is 0 Å². The van der Waals surface area contributed by atoms with Crippen LogP contribution in [0.25, 0.3) is 5.57 Å². The van der Waals surface area contributed by atoms with Gasteiger partial charge in [0.25, 0.3) is 5.91 Å². The normalized spacial score (nSPS) is 20.2. The molecule has 7 nitrogen and oxygen atoms in total. The molecule has 0 unspecified atom stereocenters. The van der Waals surface area contributed by atoms with Crippen molar-refractivity contribution in [2.75, 3.05) is 4.90 Å². The van der Waals surface area contributed by atoms with Gasteiger partial charge in [-0.3, -0.25) is 9.59 Å². The van der Waals surface area contributed by atoms with Crippen molar-refractivity contribution < 1.29 is 18.7 Å². The summed E-state index contributed by atoms with van der Waals surface area (Å²) >= 11 is 0. The summed E-state index contributed by atoms with van der Waals surface area (Å²) in [7, 11) is 0. The van der Waals surface area contributed by atoms with E-state index in [9.17, 15) is 14.0 Å². The van der Waals surface area contributed by atoms with Gasteiger partial charge in [-0.2, -0.15) is 4.39 Å². The minimum absolute atomic E-state index is 0.00435. The monoisotopic (exact) mass is 388 g/mol. The number of nitrogens with zero attached hydrogens (tertiary/aromatic N) is 1. The van der Waals surface area contributed by atoms with Gasteiger partial charge in [0, 0.05) is 48.1 Å². The lowest BCUT2D eigenvalue weighted by Crippen LogP contribution is -2.41. The van der Waals surface area contributed by atoms with Gasteiger partial charge >= 0.3 is 6.36 Å². The number of allylic oxidation sites excluding steroid dienone is 1. The zero-order chi connectivity index (χ0) is 20.4. The molecule has 1 fully saturated rings. The van der Waals surface area contributed by atoms with Gasteiger partial charge in [0.05, 0.1) is 5.69 Å². The molecule has 150 valence electrons. The highest BCUT2D eigenvalue weighted by molar-refractivity contribution is 6.10. The summed E-state index contributed by atoms with van der Waals surface area (Å²) in [4.78, 5) is 25.1. The van der Waals surface area contributed by atoms with Gasteiger partial charge in [0.2, 0.25) is 5.91 Å². The van der Waals surface area contributed by atoms with Gasteiger partial charge in [-0.15, -0.1) is 0 Å². The highest BCUT2D eigenvalue weighted by atomic mass is 19.1. The van der Waals surface area contributed by atoms with Crippen molar-refractivity contribution in [3.63, 3.8) is 0 Å². The Morgan fingerprint density at radius 1 is 1.39 bits per heavy atom. The number of fused-ring (bicyclic) bond motifs is 1. The fourth-order valence-electron chi connectivity index (χ4n) is 3.46. The third-order valence-corrected chi connectivity index (χ3v) is 5.05. The van der Waals surface area contributed by atoms with Crippen LogP contribution in [-0.4, -0.2) is 36.5 Å². The van der Waals surface area contributed by atoms with Crippen LogP contribution in [0.1, 0.15) is 44.2 Å². The van der Waals surface area contributed by atoms with Gasteiger partial charge in [0.15, 0.2) is 0 Å². The third kappa shape index (κ3) is 4.00. The van der Waals surface area contributed by atoms with Gasteiger partial charge in [0.1, 0.15) is 5.75 Å². The van der Waals surface area contributed by atoms with Crippen molar-refractivity contribution in [1.82, 2.24) is 5.32 Å². The van der Waals surface area contributed by atoms with Crippen LogP contribution in [0.15, 0.2) is 18.3 Å². The van der Waals surface area contributed by atoms with E-state index in [2.05, 4.69) is 5.32 Å². The highest BCUT2D eigenvalue weighted by Crippen LogP contribution is 2.41. The van der Waals surface area contributed by atoms with Crippen molar-refractivity contribution in [3.05, 3.63) is 29.5 Å². The Balaban J connectivity index is 2.11. The van der Waals surface area contributed by atoms with E-state index in [1.165, 1.54) is 6.92 Å². The first kappa shape index (κ1) is 19.9. The SMILES string of the molecule is CC(=O)N1c2ccc(/C(C=N)=C/NC3CC3)c(O[C@H](F)C(N)=O)c2CC[C@@H]1C. The molecule has 0 saturated heterocycles. The van der Waals surface area contributed by atoms with Crippen LogP contribution in [0.3, 0.4) is 0 Å². The van der Waals surface area contributed by atoms with Crippen LogP contribution >= 0.6 is 0 Å². The first-order chi connectivity index (χ1) is 13.3. The second kappa shape index (κ2) is 8.00. The first-order valence-electron chi connectivity index (χ1n) is 9.36. The summed E-state index contributed by atoms with van der Waals surface area (Å²) in [5.74, 6) is -1.21. The lowest BCUT2D eigenvalue weighted by molar-refractivity contribution is -0.132. The van der Waals surface area contributed by atoms with Crippen molar-refractivity contribution in [2.45, 2.75) is 58.0 Å². The minimum Gasteiger partial charge on any atom is -0.451 e. The second-order valence-corrected chi connectivity index (χ2v) is 7.24. The number of halogens is 1. The molecular weight excluding hydrogens is 363 g/mol. The zero-order valence-electron chi connectivity index (χ0n) is 16.0. The Morgan fingerprint density at radius 2 is 2.11 bits per heavy atom. The second-order valence-electron chi connectivity index (χ2n) is 7.24. The van der Waals surface area contributed by atoms with Crippen LogP contribution in [0.4, 0.5) is 10.1 Å². The van der Waals surface area contributed by atoms with E-state index < -0.39 is 12.3 Å². The van der Waals surface area contributed by atoms with Crippen LogP contribution in [0, 0.1) is 5.41 Å². The van der Waals surface area contributed by atoms with E-state index in [4.69, 9.17) is 15.9 Å². The van der Waals surface area contributed by atoms with E-state index >= 15 is 0 Å². The number of anilines is 1. The number of ether oxygens (including phenoxy) is 1. The average Bonchev–Trinajstić information content (AvgIpc) is 3.47. The standard InChI is InChI=1S/C20H25FN4O3/c1-11-3-6-16-17(25(11)12(2)26)8-7-15(18(16)28-19(21)20(23)27)13(9-22)10-24-14-4-5-14/h7-11,14,19,22,24H,3-6H2,1-2H3,(H2,23,27)/b13-10+,22-9?/t11-,19-/m0/s1. The molecule has 1 aliphatic carbocycles. The molecule has 2 atom stereocenters. The molecule has 0 radical (unpaired) electrons. The number of nitrogens with two attached hydrogens (primary N) is 1. The number of carbonyl (C=O) groups is 2. The Bertz CT molecular complexity index is 835. The summed E-state index contributed by atoms with van der Waals surface area (Å²) in [6.07, 6.45) is 3.88. The first-order valence-corrected chi connectivity index (χ1v) is 9.36. The molecule has 1 aliphatic heterocycles. The number of hydrogen-bond acceptors (Lipinski definition) is 5. The molecule has 3 rings (SSSR count). The molecule has 1 aromatic carbocycles. The number of amides is 2. The molecular formula is C20H25FN4O3. The number of benzene rings is 1. The molecule has 1 heterocycles. The predicted octanol–water partition coefficient (Wildman–Crippen LogP) is 2.28. The Labute approximate surface area is 163 Å². The molecule has 28 heavy (non-hydrogen) atoms. The maximum Gasteiger partial charge on any atom is 0.316 e. The number of rotatable bonds is 7. The summed E-state index contributed by atoms with van der Waals surface area (Å²) in [6, 6.07) is 3.84. The summed E-state index contributed by atoms with van der Waals surface area (Å²) in [6.45, 7) is 3.42. The summed E-state index contributed by atoms with van der Waals surface area (Å²) < 4.78 is 19.4. The zero-order valence-corrected chi connectivity index (χ0v) is 16.0. The van der Waals surface area contributed by atoms with Gasteiger partial charge in [-0.05, 0) is 44.7 Å². The fourth-order valence-corrected chi connectivity index (χ4v) is 3.46. The Morgan fingerprint density at radius 3 is 2.68 bits per heavy atom. The number of carbonyl (C=O) groups excluding carboxylic acids is 2. The van der Waals surface area contributed by atoms with Crippen molar-refractivity contribution in [1.29, 1.82) is 5.41 Å². The van der Waals surface area contributed by atoms with E-state index in [-0.39, 0.29) is 17.7 Å². The van der Waals surface area contributed by atoms with E-state index in [1.807, 2.05) is 6.92 Å². The van der Waals surface area contributed by atoms with Crippen LogP contribution in [0.5, 0.6) is 5.75 Å². The fraction of sp³-hybridized carbons (Fsp3) is 0.450.